The molecule has 0 N–H and O–H groups in total. The summed E-state index contributed by atoms with van der Waals surface area (Å²) in [5.41, 5.74) is 0.360. The van der Waals surface area contributed by atoms with E-state index in [9.17, 15) is 4.79 Å². The van der Waals surface area contributed by atoms with Crippen LogP contribution in [0.5, 0.6) is 0 Å². The van der Waals surface area contributed by atoms with Crippen molar-refractivity contribution >= 4 is 17.5 Å². The normalized spacial score (nSPS) is 19.7. The molecule has 5 nitrogen and oxygen atoms in total. The quantitative estimate of drug-likeness (QED) is 0.780. The van der Waals surface area contributed by atoms with Crippen LogP contribution in [0.2, 0.25) is 0 Å². The van der Waals surface area contributed by atoms with Gasteiger partial charge in [0.05, 0.1) is 0 Å². The summed E-state index contributed by atoms with van der Waals surface area (Å²) >= 11 is 5.77. The number of amides is 1. The molecule has 1 aliphatic rings. The maximum Gasteiger partial charge on any atom is 0.276 e. The van der Waals surface area contributed by atoms with E-state index in [2.05, 4.69) is 5.16 Å². The Morgan fingerprint density at radius 1 is 1.68 bits per heavy atom. The van der Waals surface area contributed by atoms with Gasteiger partial charge < -0.3 is 14.2 Å². The molecule has 0 spiro atoms. The average molecular weight is 287 g/mol. The summed E-state index contributed by atoms with van der Waals surface area (Å²) < 4.78 is 9.99. The summed E-state index contributed by atoms with van der Waals surface area (Å²) in [4.78, 5) is 14.1. The molecule has 0 radical (unpaired) electrons. The number of methoxy groups -OCH3 is 1. The Morgan fingerprint density at radius 3 is 3.26 bits per heavy atom. The molecule has 1 saturated heterocycles. The fourth-order valence-electron chi connectivity index (χ4n) is 2.43. The molecule has 1 aliphatic heterocycles. The number of ether oxygens (including phenoxy) is 1. The average Bonchev–Trinajstić information content (AvgIpc) is 2.88. The maximum absolute atomic E-state index is 12.3. The summed E-state index contributed by atoms with van der Waals surface area (Å²) in [6, 6.07) is 1.65. The van der Waals surface area contributed by atoms with Gasteiger partial charge in [-0.2, -0.15) is 0 Å². The predicted molar refractivity (Wildman–Crippen MR) is 71.2 cm³/mol. The van der Waals surface area contributed by atoms with Crippen LogP contribution in [-0.2, 0) is 11.3 Å². The van der Waals surface area contributed by atoms with E-state index in [0.717, 1.165) is 32.4 Å². The van der Waals surface area contributed by atoms with Crippen LogP contribution >= 0.6 is 11.6 Å². The van der Waals surface area contributed by atoms with Crippen molar-refractivity contribution in [2.45, 2.75) is 25.9 Å². The molecule has 2 heterocycles. The molecule has 1 aromatic rings. The highest BCUT2D eigenvalue weighted by atomic mass is 35.5. The number of carbonyl (C=O) groups excluding carboxylic acids is 1. The first-order valence-corrected chi connectivity index (χ1v) is 7.07. The van der Waals surface area contributed by atoms with Gasteiger partial charge in [-0.15, -0.1) is 11.6 Å². The van der Waals surface area contributed by atoms with E-state index in [1.54, 1.807) is 13.2 Å². The second-order valence-electron chi connectivity index (χ2n) is 4.85. The summed E-state index contributed by atoms with van der Waals surface area (Å²) in [7, 11) is 1.57. The van der Waals surface area contributed by atoms with Gasteiger partial charge in [0.15, 0.2) is 11.5 Å². The van der Waals surface area contributed by atoms with Crippen LogP contribution in [-0.4, -0.2) is 42.0 Å². The number of hydrogen-bond acceptors (Lipinski definition) is 4. The van der Waals surface area contributed by atoms with E-state index in [4.69, 9.17) is 20.9 Å². The Morgan fingerprint density at radius 2 is 2.53 bits per heavy atom. The zero-order valence-electron chi connectivity index (χ0n) is 11.1. The maximum atomic E-state index is 12.3. The highest BCUT2D eigenvalue weighted by Gasteiger charge is 2.26. The van der Waals surface area contributed by atoms with Gasteiger partial charge in [-0.25, -0.2) is 0 Å². The van der Waals surface area contributed by atoms with E-state index >= 15 is 0 Å². The van der Waals surface area contributed by atoms with E-state index < -0.39 is 0 Å². The number of halogens is 1. The monoisotopic (exact) mass is 286 g/mol. The van der Waals surface area contributed by atoms with Gasteiger partial charge in [-0.05, 0) is 25.2 Å². The molecule has 1 fully saturated rings. The van der Waals surface area contributed by atoms with Crippen molar-refractivity contribution in [2.24, 2.45) is 5.92 Å². The van der Waals surface area contributed by atoms with Crippen molar-refractivity contribution in [1.82, 2.24) is 10.1 Å². The molecule has 1 amide bonds. The van der Waals surface area contributed by atoms with Crippen LogP contribution < -0.4 is 0 Å². The van der Waals surface area contributed by atoms with Gasteiger partial charge in [0.1, 0.15) is 6.61 Å². The number of aromatic nitrogens is 1. The Balaban J connectivity index is 1.97. The molecule has 1 atom stereocenters. The third-order valence-corrected chi connectivity index (χ3v) is 3.61. The van der Waals surface area contributed by atoms with Crippen LogP contribution in [0.1, 0.15) is 35.5 Å². The van der Waals surface area contributed by atoms with Gasteiger partial charge in [0.25, 0.3) is 5.91 Å². The highest BCUT2D eigenvalue weighted by Crippen LogP contribution is 2.21. The first-order valence-electron chi connectivity index (χ1n) is 6.54. The Kier molecular flexibility index (Phi) is 5.22. The molecule has 0 aromatic carbocycles. The van der Waals surface area contributed by atoms with Gasteiger partial charge >= 0.3 is 0 Å². The smallest absolute Gasteiger partial charge is 0.276 e. The highest BCUT2D eigenvalue weighted by molar-refractivity contribution is 6.17. The molecule has 1 aromatic heterocycles. The summed E-state index contributed by atoms with van der Waals surface area (Å²) in [5, 5.41) is 3.81. The van der Waals surface area contributed by atoms with Crippen LogP contribution in [0.4, 0.5) is 0 Å². The molecule has 19 heavy (non-hydrogen) atoms. The van der Waals surface area contributed by atoms with Crippen molar-refractivity contribution in [3.8, 4) is 0 Å². The molecule has 0 saturated carbocycles. The number of hydrogen-bond donors (Lipinski definition) is 0. The molecule has 2 rings (SSSR count). The van der Waals surface area contributed by atoms with Gasteiger partial charge in [0.2, 0.25) is 0 Å². The number of nitrogens with zero attached hydrogens (tertiary/aromatic N) is 2. The SMILES string of the molecule is COCc1cc(C(=O)N2CCCC(CCCl)C2)no1. The topological polar surface area (TPSA) is 55.6 Å². The lowest BCUT2D eigenvalue weighted by atomic mass is 9.95. The van der Waals surface area contributed by atoms with Crippen molar-refractivity contribution in [2.75, 3.05) is 26.1 Å². The molecule has 0 aliphatic carbocycles. The van der Waals surface area contributed by atoms with Crippen LogP contribution in [0.15, 0.2) is 10.6 Å². The predicted octanol–water partition coefficient (Wildman–Crippen LogP) is 2.30. The van der Waals surface area contributed by atoms with Crippen LogP contribution in [0.3, 0.4) is 0 Å². The number of likely N-dealkylation sites (tertiary alicyclic amines) is 1. The zero-order chi connectivity index (χ0) is 13.7. The number of piperidine rings is 1. The van der Waals surface area contributed by atoms with Crippen molar-refractivity contribution in [3.05, 3.63) is 17.5 Å². The van der Waals surface area contributed by atoms with Crippen LogP contribution in [0, 0.1) is 5.92 Å². The van der Waals surface area contributed by atoms with Crippen molar-refractivity contribution in [1.29, 1.82) is 0 Å². The minimum atomic E-state index is -0.0645. The van der Waals surface area contributed by atoms with Gasteiger partial charge in [-0.3, -0.25) is 4.79 Å². The molecule has 0 bridgehead atoms. The van der Waals surface area contributed by atoms with E-state index in [1.807, 2.05) is 4.90 Å². The molecular weight excluding hydrogens is 268 g/mol. The minimum Gasteiger partial charge on any atom is -0.377 e. The van der Waals surface area contributed by atoms with Gasteiger partial charge in [-0.1, -0.05) is 5.16 Å². The Labute approximate surface area is 117 Å². The second-order valence-corrected chi connectivity index (χ2v) is 5.23. The Hall–Kier alpha value is -1.07. The van der Waals surface area contributed by atoms with E-state index in [0.29, 0.717) is 29.9 Å². The minimum absolute atomic E-state index is 0.0645. The third kappa shape index (κ3) is 3.70. The largest absolute Gasteiger partial charge is 0.377 e. The zero-order valence-corrected chi connectivity index (χ0v) is 11.9. The number of rotatable bonds is 5. The first-order chi connectivity index (χ1) is 9.24. The number of alkyl halides is 1. The van der Waals surface area contributed by atoms with E-state index in [-0.39, 0.29) is 5.91 Å². The molecule has 1 unspecified atom stereocenters. The lowest BCUT2D eigenvalue weighted by Crippen LogP contribution is -2.40. The van der Waals surface area contributed by atoms with Crippen LogP contribution in [0.25, 0.3) is 0 Å². The third-order valence-electron chi connectivity index (χ3n) is 3.39. The number of carbonyl (C=O) groups is 1. The Bertz CT molecular complexity index is 420. The van der Waals surface area contributed by atoms with Crippen molar-refractivity contribution in [3.63, 3.8) is 0 Å². The second kappa shape index (κ2) is 6.91. The van der Waals surface area contributed by atoms with E-state index in [1.165, 1.54) is 0 Å². The lowest BCUT2D eigenvalue weighted by molar-refractivity contribution is 0.0660. The molecule has 106 valence electrons. The fourth-order valence-corrected chi connectivity index (χ4v) is 2.73. The lowest BCUT2D eigenvalue weighted by Gasteiger charge is -2.31. The summed E-state index contributed by atoms with van der Waals surface area (Å²) in [6.45, 7) is 1.87. The summed E-state index contributed by atoms with van der Waals surface area (Å²) in [6.07, 6.45) is 3.12. The standard InChI is InChI=1S/C13H19ClN2O3/c1-18-9-11-7-12(15-19-11)13(17)16-6-2-3-10(8-16)4-5-14/h7,10H,2-6,8-9H2,1H3. The molecule has 6 heteroatoms. The molecular formula is C13H19ClN2O3. The first kappa shape index (κ1) is 14.3. The fraction of sp³-hybridized carbons (Fsp3) is 0.692. The summed E-state index contributed by atoms with van der Waals surface area (Å²) in [5.74, 6) is 1.65. The van der Waals surface area contributed by atoms with Crippen molar-refractivity contribution < 1.29 is 14.1 Å². The van der Waals surface area contributed by atoms with Gasteiger partial charge in [0, 0.05) is 32.1 Å².